The smallest absolute Gasteiger partial charge is 0.163 e. The zero-order chi connectivity index (χ0) is 9.26. The number of aromatic nitrogens is 2. The highest BCUT2D eigenvalue weighted by Gasteiger charge is 1.99. The predicted octanol–water partition coefficient (Wildman–Crippen LogP) is 2.80. The van der Waals surface area contributed by atoms with Gasteiger partial charge in [0.1, 0.15) is 0 Å². The fraction of sp³-hybridized carbons (Fsp3) is 0.300. The SMILES string of the molecule is CCCc1ccc2[nH]c(S)nc2c1. The van der Waals surface area contributed by atoms with E-state index in [1.165, 1.54) is 12.0 Å². The molecule has 13 heavy (non-hydrogen) atoms. The average molecular weight is 192 g/mol. The molecule has 1 N–H and O–H groups in total. The number of fused-ring (bicyclic) bond motifs is 1. The van der Waals surface area contributed by atoms with Gasteiger partial charge in [-0.3, -0.25) is 0 Å². The van der Waals surface area contributed by atoms with Crippen LogP contribution in [0.4, 0.5) is 0 Å². The molecule has 0 saturated carbocycles. The molecule has 0 bridgehead atoms. The topological polar surface area (TPSA) is 28.7 Å². The zero-order valence-electron chi connectivity index (χ0n) is 7.54. The van der Waals surface area contributed by atoms with E-state index in [0.29, 0.717) is 5.16 Å². The van der Waals surface area contributed by atoms with Crippen LogP contribution in [0.2, 0.25) is 0 Å². The van der Waals surface area contributed by atoms with Crippen LogP contribution >= 0.6 is 12.6 Å². The van der Waals surface area contributed by atoms with Gasteiger partial charge in [0, 0.05) is 0 Å². The van der Waals surface area contributed by atoms with Crippen LogP contribution in [0.5, 0.6) is 0 Å². The molecule has 0 atom stereocenters. The molecule has 0 aliphatic rings. The first kappa shape index (κ1) is 8.63. The van der Waals surface area contributed by atoms with Gasteiger partial charge in [0.25, 0.3) is 0 Å². The minimum Gasteiger partial charge on any atom is -0.333 e. The van der Waals surface area contributed by atoms with Crippen molar-refractivity contribution in [1.29, 1.82) is 0 Å². The quantitative estimate of drug-likeness (QED) is 0.704. The second-order valence-electron chi connectivity index (χ2n) is 3.16. The summed E-state index contributed by atoms with van der Waals surface area (Å²) in [6, 6.07) is 6.32. The molecule has 0 aliphatic carbocycles. The number of rotatable bonds is 2. The third-order valence-electron chi connectivity index (χ3n) is 2.07. The van der Waals surface area contributed by atoms with Gasteiger partial charge in [0.05, 0.1) is 11.0 Å². The van der Waals surface area contributed by atoms with Gasteiger partial charge in [-0.25, -0.2) is 4.98 Å². The van der Waals surface area contributed by atoms with Crippen LogP contribution in [0.25, 0.3) is 11.0 Å². The van der Waals surface area contributed by atoms with E-state index in [1.807, 2.05) is 0 Å². The highest BCUT2D eigenvalue weighted by Crippen LogP contribution is 2.16. The maximum absolute atomic E-state index is 4.26. The Labute approximate surface area is 82.8 Å². The highest BCUT2D eigenvalue weighted by atomic mass is 32.1. The zero-order valence-corrected chi connectivity index (χ0v) is 8.44. The number of aromatic amines is 1. The Kier molecular flexibility index (Phi) is 2.27. The summed E-state index contributed by atoms with van der Waals surface area (Å²) in [6.45, 7) is 2.18. The Morgan fingerprint density at radius 2 is 2.31 bits per heavy atom. The van der Waals surface area contributed by atoms with Crippen molar-refractivity contribution in [3.8, 4) is 0 Å². The fourth-order valence-electron chi connectivity index (χ4n) is 1.48. The molecule has 0 saturated heterocycles. The summed E-state index contributed by atoms with van der Waals surface area (Å²) in [4.78, 5) is 7.35. The normalized spacial score (nSPS) is 10.9. The van der Waals surface area contributed by atoms with Crippen LogP contribution < -0.4 is 0 Å². The van der Waals surface area contributed by atoms with E-state index < -0.39 is 0 Å². The number of aryl methyl sites for hydroxylation is 1. The number of H-pyrrole nitrogens is 1. The van der Waals surface area contributed by atoms with Crippen molar-refractivity contribution in [2.45, 2.75) is 24.9 Å². The molecule has 3 heteroatoms. The van der Waals surface area contributed by atoms with Gasteiger partial charge < -0.3 is 4.98 Å². The molecule has 1 aromatic carbocycles. The van der Waals surface area contributed by atoms with Crippen LogP contribution in [0.15, 0.2) is 23.4 Å². The van der Waals surface area contributed by atoms with Crippen molar-refractivity contribution in [2.75, 3.05) is 0 Å². The van der Waals surface area contributed by atoms with Gasteiger partial charge in [-0.2, -0.15) is 0 Å². The number of imidazole rings is 1. The summed E-state index contributed by atoms with van der Waals surface area (Å²) in [5, 5.41) is 0.684. The maximum Gasteiger partial charge on any atom is 0.163 e. The Bertz CT molecular complexity index is 420. The Hall–Kier alpha value is -0.960. The lowest BCUT2D eigenvalue weighted by atomic mass is 10.1. The summed E-state index contributed by atoms with van der Waals surface area (Å²) >= 11 is 4.16. The molecule has 0 fully saturated rings. The molecule has 0 unspecified atom stereocenters. The van der Waals surface area contributed by atoms with Crippen molar-refractivity contribution in [3.63, 3.8) is 0 Å². The lowest BCUT2D eigenvalue weighted by Gasteiger charge is -1.96. The molecule has 68 valence electrons. The first-order valence-corrected chi connectivity index (χ1v) is 4.92. The van der Waals surface area contributed by atoms with Crippen LogP contribution in [0.3, 0.4) is 0 Å². The molecule has 1 heterocycles. The number of hydrogen-bond donors (Lipinski definition) is 2. The number of benzene rings is 1. The lowest BCUT2D eigenvalue weighted by Crippen LogP contribution is -1.81. The summed E-state index contributed by atoms with van der Waals surface area (Å²) in [5.41, 5.74) is 3.41. The third-order valence-corrected chi connectivity index (χ3v) is 2.29. The predicted molar refractivity (Wildman–Crippen MR) is 57.3 cm³/mol. The number of thiol groups is 1. The minimum atomic E-state index is 0.684. The Morgan fingerprint density at radius 3 is 3.08 bits per heavy atom. The monoisotopic (exact) mass is 192 g/mol. The van der Waals surface area contributed by atoms with Crippen LogP contribution in [-0.2, 0) is 6.42 Å². The molecule has 2 nitrogen and oxygen atoms in total. The minimum absolute atomic E-state index is 0.684. The summed E-state index contributed by atoms with van der Waals surface area (Å²) in [6.07, 6.45) is 2.29. The van der Waals surface area contributed by atoms with Gasteiger partial charge in [-0.1, -0.05) is 19.4 Å². The van der Waals surface area contributed by atoms with Crippen molar-refractivity contribution in [3.05, 3.63) is 23.8 Å². The van der Waals surface area contributed by atoms with E-state index in [0.717, 1.165) is 17.5 Å². The van der Waals surface area contributed by atoms with E-state index in [1.54, 1.807) is 0 Å². The molecule has 2 rings (SSSR count). The van der Waals surface area contributed by atoms with E-state index in [9.17, 15) is 0 Å². The van der Waals surface area contributed by atoms with Crippen LogP contribution in [0.1, 0.15) is 18.9 Å². The molecule has 0 aliphatic heterocycles. The molecular formula is C10H12N2S. The van der Waals surface area contributed by atoms with Gasteiger partial charge >= 0.3 is 0 Å². The number of nitrogens with one attached hydrogen (secondary N) is 1. The second kappa shape index (κ2) is 3.42. The van der Waals surface area contributed by atoms with E-state index >= 15 is 0 Å². The first-order chi connectivity index (χ1) is 6.29. The molecule has 2 aromatic rings. The van der Waals surface area contributed by atoms with Crippen LogP contribution in [-0.4, -0.2) is 9.97 Å². The van der Waals surface area contributed by atoms with Crippen molar-refractivity contribution >= 4 is 23.7 Å². The van der Waals surface area contributed by atoms with E-state index in [-0.39, 0.29) is 0 Å². The first-order valence-electron chi connectivity index (χ1n) is 4.47. The molecule has 0 amide bonds. The van der Waals surface area contributed by atoms with Gasteiger partial charge in [0.2, 0.25) is 0 Å². The van der Waals surface area contributed by atoms with Gasteiger partial charge in [-0.15, -0.1) is 12.6 Å². The Morgan fingerprint density at radius 1 is 1.46 bits per heavy atom. The summed E-state index contributed by atoms with van der Waals surface area (Å²) in [7, 11) is 0. The lowest BCUT2D eigenvalue weighted by molar-refractivity contribution is 0.923. The van der Waals surface area contributed by atoms with Crippen molar-refractivity contribution < 1.29 is 0 Å². The molecule has 1 aromatic heterocycles. The van der Waals surface area contributed by atoms with Crippen LogP contribution in [0, 0.1) is 0 Å². The van der Waals surface area contributed by atoms with E-state index in [4.69, 9.17) is 0 Å². The molecule has 0 spiro atoms. The van der Waals surface area contributed by atoms with Gasteiger partial charge in [-0.05, 0) is 24.1 Å². The van der Waals surface area contributed by atoms with E-state index in [2.05, 4.69) is 47.7 Å². The van der Waals surface area contributed by atoms with Crippen molar-refractivity contribution in [2.24, 2.45) is 0 Å². The fourth-order valence-corrected chi connectivity index (χ4v) is 1.71. The number of nitrogens with zero attached hydrogens (tertiary/aromatic N) is 1. The largest absolute Gasteiger partial charge is 0.333 e. The maximum atomic E-state index is 4.26. The second-order valence-corrected chi connectivity index (χ2v) is 3.59. The summed E-state index contributed by atoms with van der Waals surface area (Å²) in [5.74, 6) is 0. The van der Waals surface area contributed by atoms with Gasteiger partial charge in [0.15, 0.2) is 5.16 Å². The average Bonchev–Trinajstić information content (AvgIpc) is 2.44. The number of hydrogen-bond acceptors (Lipinski definition) is 2. The van der Waals surface area contributed by atoms with Crippen molar-refractivity contribution in [1.82, 2.24) is 9.97 Å². The molecule has 0 radical (unpaired) electrons. The molecular weight excluding hydrogens is 180 g/mol. The standard InChI is InChI=1S/C10H12N2S/c1-2-3-7-4-5-8-9(6-7)12-10(13)11-8/h4-6H,2-3H2,1H3,(H2,11,12,13). The summed E-state index contributed by atoms with van der Waals surface area (Å²) < 4.78 is 0. The third kappa shape index (κ3) is 1.70. The highest BCUT2D eigenvalue weighted by molar-refractivity contribution is 7.80. The Balaban J connectivity index is 2.48.